The molecule has 6 heteroatoms. The molecular formula is C10H24N4O2. The van der Waals surface area contributed by atoms with Crippen molar-refractivity contribution in [3.05, 3.63) is 0 Å². The van der Waals surface area contributed by atoms with Gasteiger partial charge in [0.25, 0.3) is 5.97 Å². The van der Waals surface area contributed by atoms with Crippen LogP contribution < -0.4 is 21.9 Å². The molecule has 1 aliphatic heterocycles. The standard InChI is InChI=1S/C8H20N4.C2H4O2/c1-2-4-6-8-10-12-11-9-7-5-3-1;1-2(3)4/h9-12H,1-8H2;1H3,(H,3,4). The Morgan fingerprint density at radius 3 is 1.56 bits per heavy atom. The minimum atomic E-state index is -0.833. The van der Waals surface area contributed by atoms with Crippen molar-refractivity contribution in [2.45, 2.75) is 45.4 Å². The van der Waals surface area contributed by atoms with Crippen molar-refractivity contribution in [1.82, 2.24) is 21.9 Å². The molecule has 0 radical (unpaired) electrons. The largest absolute Gasteiger partial charge is 0.481 e. The maximum atomic E-state index is 9.00. The van der Waals surface area contributed by atoms with Crippen LogP contribution in [0.3, 0.4) is 0 Å². The van der Waals surface area contributed by atoms with Crippen LogP contribution in [-0.2, 0) is 4.79 Å². The molecule has 0 aromatic carbocycles. The predicted molar refractivity (Wildman–Crippen MR) is 63.3 cm³/mol. The van der Waals surface area contributed by atoms with E-state index in [1.165, 1.54) is 38.5 Å². The third kappa shape index (κ3) is 15.8. The summed E-state index contributed by atoms with van der Waals surface area (Å²) in [6, 6.07) is 0. The van der Waals surface area contributed by atoms with Crippen LogP contribution >= 0.6 is 0 Å². The van der Waals surface area contributed by atoms with Gasteiger partial charge in [0.15, 0.2) is 0 Å². The Labute approximate surface area is 97.1 Å². The first-order valence-electron chi connectivity index (χ1n) is 5.88. The first kappa shape index (κ1) is 15.3. The van der Waals surface area contributed by atoms with Crippen LogP contribution in [0.5, 0.6) is 0 Å². The van der Waals surface area contributed by atoms with E-state index in [9.17, 15) is 0 Å². The highest BCUT2D eigenvalue weighted by atomic mass is 16.4. The van der Waals surface area contributed by atoms with E-state index in [1.54, 1.807) is 0 Å². The Balaban J connectivity index is 0.000000487. The molecule has 0 atom stereocenters. The van der Waals surface area contributed by atoms with Gasteiger partial charge < -0.3 is 5.11 Å². The Hall–Kier alpha value is -0.690. The molecule has 0 aromatic rings. The molecule has 5 N–H and O–H groups in total. The minimum absolute atomic E-state index is 0.833. The van der Waals surface area contributed by atoms with E-state index in [0.29, 0.717) is 0 Å². The van der Waals surface area contributed by atoms with Gasteiger partial charge in [-0.25, -0.2) is 10.9 Å². The summed E-state index contributed by atoms with van der Waals surface area (Å²) < 4.78 is 0. The number of carbonyl (C=O) groups is 1. The number of carboxylic acid groups (broad SMARTS) is 1. The smallest absolute Gasteiger partial charge is 0.300 e. The van der Waals surface area contributed by atoms with E-state index < -0.39 is 5.97 Å². The normalized spacial score (nSPS) is 19.6. The zero-order valence-corrected chi connectivity index (χ0v) is 10.0. The second-order valence-corrected chi connectivity index (χ2v) is 3.74. The highest BCUT2D eigenvalue weighted by molar-refractivity contribution is 5.62. The molecule has 0 amide bonds. The van der Waals surface area contributed by atoms with Gasteiger partial charge >= 0.3 is 0 Å². The molecular weight excluding hydrogens is 208 g/mol. The lowest BCUT2D eigenvalue weighted by Gasteiger charge is -2.11. The molecule has 6 nitrogen and oxygen atoms in total. The van der Waals surface area contributed by atoms with Crippen molar-refractivity contribution >= 4 is 5.97 Å². The lowest BCUT2D eigenvalue weighted by Crippen LogP contribution is -2.51. The second-order valence-electron chi connectivity index (χ2n) is 3.74. The van der Waals surface area contributed by atoms with Crippen molar-refractivity contribution in [3.8, 4) is 0 Å². The van der Waals surface area contributed by atoms with E-state index in [4.69, 9.17) is 9.90 Å². The molecule has 1 rings (SSSR count). The molecule has 1 saturated heterocycles. The van der Waals surface area contributed by atoms with Gasteiger partial charge in [0.2, 0.25) is 0 Å². The minimum Gasteiger partial charge on any atom is -0.481 e. The summed E-state index contributed by atoms with van der Waals surface area (Å²) in [5.41, 5.74) is 11.9. The third-order valence-corrected chi connectivity index (χ3v) is 2.09. The lowest BCUT2D eigenvalue weighted by molar-refractivity contribution is -0.134. The first-order valence-corrected chi connectivity index (χ1v) is 5.88. The van der Waals surface area contributed by atoms with E-state index in [-0.39, 0.29) is 0 Å². The van der Waals surface area contributed by atoms with Crippen molar-refractivity contribution < 1.29 is 9.90 Å². The Bertz CT molecular complexity index is 120. The van der Waals surface area contributed by atoms with Crippen molar-refractivity contribution in [2.24, 2.45) is 0 Å². The summed E-state index contributed by atoms with van der Waals surface area (Å²) in [6.45, 7) is 3.16. The topological polar surface area (TPSA) is 85.4 Å². The van der Waals surface area contributed by atoms with E-state index in [1.807, 2.05) is 0 Å². The fraction of sp³-hybridized carbons (Fsp3) is 0.900. The molecule has 96 valence electrons. The van der Waals surface area contributed by atoms with Crippen LogP contribution in [0.15, 0.2) is 0 Å². The maximum Gasteiger partial charge on any atom is 0.300 e. The molecule has 0 aromatic heterocycles. The van der Waals surface area contributed by atoms with E-state index in [2.05, 4.69) is 21.9 Å². The summed E-state index contributed by atoms with van der Waals surface area (Å²) in [5, 5.41) is 7.42. The molecule has 1 heterocycles. The molecule has 0 unspecified atom stereocenters. The van der Waals surface area contributed by atoms with E-state index >= 15 is 0 Å². The fourth-order valence-corrected chi connectivity index (χ4v) is 1.35. The van der Waals surface area contributed by atoms with Gasteiger partial charge in [-0.05, 0) is 12.8 Å². The first-order chi connectivity index (χ1) is 7.73. The second kappa shape index (κ2) is 12.4. The molecule has 1 fully saturated rings. The average molecular weight is 232 g/mol. The third-order valence-electron chi connectivity index (χ3n) is 2.09. The average Bonchev–Trinajstić information content (AvgIpc) is 2.17. The number of hydrogen-bond donors (Lipinski definition) is 5. The van der Waals surface area contributed by atoms with Gasteiger partial charge in [0, 0.05) is 20.0 Å². The number of hydrogen-bond acceptors (Lipinski definition) is 5. The summed E-state index contributed by atoms with van der Waals surface area (Å²) in [5.74, 6) is -0.833. The maximum absolute atomic E-state index is 9.00. The van der Waals surface area contributed by atoms with Crippen LogP contribution in [0, 0.1) is 0 Å². The summed E-state index contributed by atoms with van der Waals surface area (Å²) >= 11 is 0. The van der Waals surface area contributed by atoms with Crippen LogP contribution in [0.25, 0.3) is 0 Å². The zero-order valence-electron chi connectivity index (χ0n) is 10.0. The molecule has 0 saturated carbocycles. The quantitative estimate of drug-likeness (QED) is 0.419. The highest BCUT2D eigenvalue weighted by Gasteiger charge is 1.93. The predicted octanol–water partition coefficient (Wildman–Crippen LogP) is 0.535. The van der Waals surface area contributed by atoms with Gasteiger partial charge in [-0.1, -0.05) is 25.7 Å². The van der Waals surface area contributed by atoms with Gasteiger partial charge in [-0.2, -0.15) is 11.1 Å². The van der Waals surface area contributed by atoms with Crippen LogP contribution in [0.4, 0.5) is 0 Å². The Morgan fingerprint density at radius 2 is 1.19 bits per heavy atom. The monoisotopic (exact) mass is 232 g/mol. The van der Waals surface area contributed by atoms with Crippen molar-refractivity contribution in [2.75, 3.05) is 13.1 Å². The molecule has 16 heavy (non-hydrogen) atoms. The summed E-state index contributed by atoms with van der Waals surface area (Å²) in [7, 11) is 0. The van der Waals surface area contributed by atoms with Crippen molar-refractivity contribution in [1.29, 1.82) is 0 Å². The molecule has 0 aliphatic carbocycles. The van der Waals surface area contributed by atoms with E-state index in [0.717, 1.165) is 20.0 Å². The number of rotatable bonds is 0. The number of nitrogens with one attached hydrogen (secondary N) is 4. The van der Waals surface area contributed by atoms with Crippen LogP contribution in [0.2, 0.25) is 0 Å². The van der Waals surface area contributed by atoms with Gasteiger partial charge in [-0.15, -0.1) is 0 Å². The van der Waals surface area contributed by atoms with Crippen LogP contribution in [-0.4, -0.2) is 24.2 Å². The molecule has 1 aliphatic rings. The highest BCUT2D eigenvalue weighted by Crippen LogP contribution is 2.04. The zero-order chi connectivity index (χ0) is 12.1. The Morgan fingerprint density at radius 1 is 0.875 bits per heavy atom. The SMILES string of the molecule is C1CCCCNNNNCCC1.CC(=O)O. The molecule has 0 spiro atoms. The molecule has 0 bridgehead atoms. The van der Waals surface area contributed by atoms with Gasteiger partial charge in [-0.3, -0.25) is 4.79 Å². The fourth-order valence-electron chi connectivity index (χ4n) is 1.35. The Kier molecular flexibility index (Phi) is 11.8. The number of carboxylic acids is 1. The van der Waals surface area contributed by atoms with Gasteiger partial charge in [0.05, 0.1) is 0 Å². The lowest BCUT2D eigenvalue weighted by atomic mass is 10.1. The summed E-state index contributed by atoms with van der Waals surface area (Å²) in [6.07, 6.45) is 7.98. The summed E-state index contributed by atoms with van der Waals surface area (Å²) in [4.78, 5) is 9.00. The van der Waals surface area contributed by atoms with Crippen molar-refractivity contribution in [3.63, 3.8) is 0 Å². The van der Waals surface area contributed by atoms with Crippen LogP contribution in [0.1, 0.15) is 45.4 Å². The van der Waals surface area contributed by atoms with Gasteiger partial charge in [0.1, 0.15) is 0 Å². The number of hydrazine groups is 3. The number of aliphatic carboxylic acids is 1.